The maximum atomic E-state index is 11.3. The van der Waals surface area contributed by atoms with Crippen molar-refractivity contribution in [2.45, 2.75) is 20.3 Å². The number of nitrogens with zero attached hydrogens (tertiary/aromatic N) is 1. The van der Waals surface area contributed by atoms with Crippen LogP contribution in [0.3, 0.4) is 0 Å². The number of carbonyl (C=O) groups is 3. The number of carbonyl (C=O) groups excluding carboxylic acids is 3. The van der Waals surface area contributed by atoms with Crippen molar-refractivity contribution in [2.75, 3.05) is 6.54 Å². The van der Waals surface area contributed by atoms with Gasteiger partial charge in [0, 0.05) is 18.1 Å². The zero-order valence-electron chi connectivity index (χ0n) is 7.66. The fourth-order valence-corrected chi connectivity index (χ4v) is 1.08. The zero-order chi connectivity index (χ0) is 10.0. The SMILES string of the molecule is CCC(=O)CN1C(=O)C=C(C)C1=O. The predicted molar refractivity (Wildman–Crippen MR) is 45.8 cm³/mol. The first-order valence-electron chi connectivity index (χ1n) is 4.12. The summed E-state index contributed by atoms with van der Waals surface area (Å²) in [5, 5.41) is 0. The van der Waals surface area contributed by atoms with Crippen molar-refractivity contribution in [1.82, 2.24) is 4.90 Å². The second-order valence-corrected chi connectivity index (χ2v) is 2.95. The van der Waals surface area contributed by atoms with Gasteiger partial charge >= 0.3 is 0 Å². The summed E-state index contributed by atoms with van der Waals surface area (Å²) in [5.74, 6) is -0.846. The molecule has 1 aliphatic rings. The van der Waals surface area contributed by atoms with Crippen molar-refractivity contribution in [3.63, 3.8) is 0 Å². The van der Waals surface area contributed by atoms with Gasteiger partial charge in [0.05, 0.1) is 6.54 Å². The molecular formula is C9H11NO3. The lowest BCUT2D eigenvalue weighted by atomic mass is 10.3. The number of ketones is 1. The highest BCUT2D eigenvalue weighted by atomic mass is 16.2. The van der Waals surface area contributed by atoms with Gasteiger partial charge in [-0.05, 0) is 6.92 Å². The molecule has 1 rings (SSSR count). The van der Waals surface area contributed by atoms with Gasteiger partial charge in [-0.25, -0.2) is 0 Å². The minimum Gasteiger partial charge on any atom is -0.298 e. The van der Waals surface area contributed by atoms with E-state index in [2.05, 4.69) is 0 Å². The maximum absolute atomic E-state index is 11.3. The first kappa shape index (κ1) is 9.64. The Kier molecular flexibility index (Phi) is 2.60. The Morgan fingerprint density at radius 2 is 2.08 bits per heavy atom. The molecule has 1 heterocycles. The minimum atomic E-state index is -0.385. The van der Waals surface area contributed by atoms with E-state index < -0.39 is 0 Å². The third-order valence-electron chi connectivity index (χ3n) is 1.92. The van der Waals surface area contributed by atoms with E-state index in [9.17, 15) is 14.4 Å². The topological polar surface area (TPSA) is 54.5 Å². The second kappa shape index (κ2) is 3.51. The predicted octanol–water partition coefficient (Wildman–Crippen LogP) is 0.281. The highest BCUT2D eigenvalue weighted by molar-refractivity contribution is 6.17. The van der Waals surface area contributed by atoms with E-state index >= 15 is 0 Å². The summed E-state index contributed by atoms with van der Waals surface area (Å²) in [4.78, 5) is 34.3. The van der Waals surface area contributed by atoms with E-state index in [4.69, 9.17) is 0 Å². The molecule has 70 valence electrons. The van der Waals surface area contributed by atoms with E-state index in [1.165, 1.54) is 6.08 Å². The van der Waals surface area contributed by atoms with Gasteiger partial charge in [-0.3, -0.25) is 19.3 Å². The van der Waals surface area contributed by atoms with Gasteiger partial charge in [-0.2, -0.15) is 0 Å². The average Bonchev–Trinajstić information content (AvgIpc) is 2.32. The molecule has 2 amide bonds. The highest BCUT2D eigenvalue weighted by Crippen LogP contribution is 2.11. The largest absolute Gasteiger partial charge is 0.298 e. The molecule has 4 nitrogen and oxygen atoms in total. The molecule has 0 aromatic heterocycles. The van der Waals surface area contributed by atoms with Crippen LogP contribution in [0.5, 0.6) is 0 Å². The summed E-state index contributed by atoms with van der Waals surface area (Å²) in [6.45, 7) is 3.17. The van der Waals surface area contributed by atoms with Crippen LogP contribution in [0.15, 0.2) is 11.6 Å². The monoisotopic (exact) mass is 181 g/mol. The van der Waals surface area contributed by atoms with E-state index in [1.807, 2.05) is 0 Å². The van der Waals surface area contributed by atoms with Crippen LogP contribution in [-0.2, 0) is 14.4 Å². The molecule has 0 atom stereocenters. The van der Waals surface area contributed by atoms with Crippen molar-refractivity contribution < 1.29 is 14.4 Å². The highest BCUT2D eigenvalue weighted by Gasteiger charge is 2.29. The molecular weight excluding hydrogens is 170 g/mol. The zero-order valence-corrected chi connectivity index (χ0v) is 7.66. The molecule has 1 aliphatic heterocycles. The van der Waals surface area contributed by atoms with Crippen LogP contribution < -0.4 is 0 Å². The second-order valence-electron chi connectivity index (χ2n) is 2.95. The number of Topliss-reactive ketones (excluding diaryl/α,β-unsaturated/α-hetero) is 1. The van der Waals surface area contributed by atoms with Crippen LogP contribution >= 0.6 is 0 Å². The smallest absolute Gasteiger partial charge is 0.256 e. The lowest BCUT2D eigenvalue weighted by Gasteiger charge is -2.12. The molecule has 4 heteroatoms. The van der Waals surface area contributed by atoms with E-state index in [-0.39, 0.29) is 24.1 Å². The summed E-state index contributed by atoms with van der Waals surface area (Å²) >= 11 is 0. The molecule has 0 fully saturated rings. The van der Waals surface area contributed by atoms with Gasteiger partial charge in [-0.15, -0.1) is 0 Å². The maximum Gasteiger partial charge on any atom is 0.256 e. The van der Waals surface area contributed by atoms with E-state index in [0.29, 0.717) is 12.0 Å². The molecule has 0 aromatic rings. The third kappa shape index (κ3) is 1.83. The van der Waals surface area contributed by atoms with E-state index in [0.717, 1.165) is 4.90 Å². The number of hydrogen-bond donors (Lipinski definition) is 0. The number of imide groups is 1. The molecule has 0 aromatic carbocycles. The molecule has 0 bridgehead atoms. The summed E-state index contributed by atoms with van der Waals surface area (Å²) < 4.78 is 0. The normalized spacial score (nSPS) is 16.5. The van der Waals surface area contributed by atoms with Crippen molar-refractivity contribution in [1.29, 1.82) is 0 Å². The van der Waals surface area contributed by atoms with Crippen LogP contribution in [0, 0.1) is 0 Å². The lowest BCUT2D eigenvalue weighted by Crippen LogP contribution is -2.35. The summed E-state index contributed by atoms with van der Waals surface area (Å²) in [6, 6.07) is 0. The van der Waals surface area contributed by atoms with E-state index in [1.54, 1.807) is 13.8 Å². The van der Waals surface area contributed by atoms with Crippen molar-refractivity contribution in [3.05, 3.63) is 11.6 Å². The van der Waals surface area contributed by atoms with Crippen molar-refractivity contribution in [2.24, 2.45) is 0 Å². The number of amides is 2. The Balaban J connectivity index is 2.69. The Labute approximate surface area is 76.2 Å². The molecule has 0 radical (unpaired) electrons. The summed E-state index contributed by atoms with van der Waals surface area (Å²) in [5.41, 5.74) is 0.397. The molecule has 0 aliphatic carbocycles. The summed E-state index contributed by atoms with van der Waals surface area (Å²) in [6.07, 6.45) is 1.60. The first-order chi connectivity index (χ1) is 6.06. The van der Waals surface area contributed by atoms with Gasteiger partial charge in [0.25, 0.3) is 11.8 Å². The van der Waals surface area contributed by atoms with Crippen LogP contribution in [0.1, 0.15) is 20.3 Å². The Bertz CT molecular complexity index is 304. The molecule has 0 saturated carbocycles. The molecule has 0 spiro atoms. The van der Waals surface area contributed by atoms with Crippen LogP contribution in [0.2, 0.25) is 0 Å². The Hall–Kier alpha value is -1.45. The van der Waals surface area contributed by atoms with Gasteiger partial charge in [0.2, 0.25) is 0 Å². The number of hydrogen-bond acceptors (Lipinski definition) is 3. The van der Waals surface area contributed by atoms with Gasteiger partial charge in [-0.1, -0.05) is 6.92 Å². The quantitative estimate of drug-likeness (QED) is 0.587. The lowest BCUT2D eigenvalue weighted by molar-refractivity contribution is -0.140. The molecule has 0 N–H and O–H groups in total. The minimum absolute atomic E-state index is 0.0952. The molecule has 0 saturated heterocycles. The first-order valence-corrected chi connectivity index (χ1v) is 4.12. The molecule has 13 heavy (non-hydrogen) atoms. The fourth-order valence-electron chi connectivity index (χ4n) is 1.08. The van der Waals surface area contributed by atoms with Gasteiger partial charge in [0.15, 0.2) is 5.78 Å². The Morgan fingerprint density at radius 1 is 1.46 bits per heavy atom. The van der Waals surface area contributed by atoms with Gasteiger partial charge in [0.1, 0.15) is 0 Å². The van der Waals surface area contributed by atoms with Crippen LogP contribution in [0.4, 0.5) is 0 Å². The molecule has 0 unspecified atom stereocenters. The van der Waals surface area contributed by atoms with Crippen LogP contribution in [0.25, 0.3) is 0 Å². The standard InChI is InChI=1S/C9H11NO3/c1-3-7(11)5-10-8(12)4-6(2)9(10)13/h4H,3,5H2,1-2H3. The van der Waals surface area contributed by atoms with Crippen molar-refractivity contribution in [3.8, 4) is 0 Å². The third-order valence-corrected chi connectivity index (χ3v) is 1.92. The Morgan fingerprint density at radius 3 is 2.46 bits per heavy atom. The van der Waals surface area contributed by atoms with Crippen LogP contribution in [-0.4, -0.2) is 29.0 Å². The summed E-state index contributed by atoms with van der Waals surface area (Å²) in [7, 11) is 0. The van der Waals surface area contributed by atoms with Crippen molar-refractivity contribution >= 4 is 17.6 Å². The fraction of sp³-hybridized carbons (Fsp3) is 0.444. The number of rotatable bonds is 3. The van der Waals surface area contributed by atoms with Gasteiger partial charge < -0.3 is 0 Å². The average molecular weight is 181 g/mol.